The van der Waals surface area contributed by atoms with Gasteiger partial charge in [0.05, 0.1) is 6.61 Å². The summed E-state index contributed by atoms with van der Waals surface area (Å²) in [5, 5.41) is 21.3. The van der Waals surface area contributed by atoms with Crippen LogP contribution in [0.3, 0.4) is 0 Å². The molecule has 0 bridgehead atoms. The van der Waals surface area contributed by atoms with Crippen molar-refractivity contribution in [3.8, 4) is 11.3 Å². The summed E-state index contributed by atoms with van der Waals surface area (Å²) < 4.78 is 6.61. The second-order valence-electron chi connectivity index (χ2n) is 5.55. The molecular weight excluding hydrogens is 356 g/mol. The lowest BCUT2D eigenvalue weighted by Crippen LogP contribution is -2.33. The van der Waals surface area contributed by atoms with Gasteiger partial charge in [0, 0.05) is 21.8 Å². The molecule has 4 rings (SSSR count). The minimum Gasteiger partial charge on any atom is -0.594 e. The highest BCUT2D eigenvalue weighted by Gasteiger charge is 2.27. The molecule has 2 aromatic carbocycles. The van der Waals surface area contributed by atoms with E-state index in [9.17, 15) is 10.0 Å². The van der Waals surface area contributed by atoms with Gasteiger partial charge < -0.3 is 9.94 Å². The third-order valence-corrected chi connectivity index (χ3v) is 4.18. The summed E-state index contributed by atoms with van der Waals surface area (Å²) >= 11 is 6.08. The molecule has 0 saturated heterocycles. The summed E-state index contributed by atoms with van der Waals surface area (Å²) in [6.45, 7) is 1.91. The molecule has 0 unspecified atom stereocenters. The number of nitrogens with zero attached hydrogens (tertiary/aromatic N) is 4. The number of halogens is 1. The molecule has 2 heterocycles. The number of hydrogen-bond acceptors (Lipinski definition) is 5. The molecule has 4 aromatic rings. The third-order valence-electron chi connectivity index (χ3n) is 3.95. The van der Waals surface area contributed by atoms with Crippen molar-refractivity contribution in [3.05, 3.63) is 64.3 Å². The molecule has 0 N–H and O–H groups in total. The number of carbonyl (C=O) groups excluding carboxylic acids is 1. The molecular formula is C18H13ClN4O3. The Morgan fingerprint density at radius 2 is 2.04 bits per heavy atom. The van der Waals surface area contributed by atoms with Crippen LogP contribution in [0.2, 0.25) is 5.02 Å². The Bertz CT molecular complexity index is 1140. The van der Waals surface area contributed by atoms with Crippen molar-refractivity contribution in [3.63, 3.8) is 0 Å². The highest BCUT2D eigenvalue weighted by Crippen LogP contribution is 2.28. The van der Waals surface area contributed by atoms with Gasteiger partial charge in [0.1, 0.15) is 16.8 Å². The maximum Gasteiger partial charge on any atom is 0.344 e. The predicted molar refractivity (Wildman–Crippen MR) is 95.9 cm³/mol. The smallest absolute Gasteiger partial charge is 0.344 e. The summed E-state index contributed by atoms with van der Waals surface area (Å²) in [4.78, 5) is 13.0. The predicted octanol–water partition coefficient (Wildman–Crippen LogP) is 3.01. The van der Waals surface area contributed by atoms with Crippen molar-refractivity contribution in [2.45, 2.75) is 6.92 Å². The monoisotopic (exact) mass is 368 g/mol. The van der Waals surface area contributed by atoms with E-state index in [0.29, 0.717) is 32.2 Å². The summed E-state index contributed by atoms with van der Waals surface area (Å²) in [6.07, 6.45) is 0. The quantitative estimate of drug-likeness (QED) is 0.315. The highest BCUT2D eigenvalue weighted by atomic mass is 35.5. The largest absolute Gasteiger partial charge is 0.594 e. The average Bonchev–Trinajstić information content (AvgIpc) is 3.02. The van der Waals surface area contributed by atoms with Crippen LogP contribution in [0, 0.1) is 5.21 Å². The number of fused-ring (bicyclic) bond motifs is 3. The van der Waals surface area contributed by atoms with Crippen LogP contribution in [0.25, 0.3) is 27.9 Å². The van der Waals surface area contributed by atoms with Crippen molar-refractivity contribution < 1.29 is 14.4 Å². The Balaban J connectivity index is 2.13. The highest BCUT2D eigenvalue weighted by molar-refractivity contribution is 6.31. The van der Waals surface area contributed by atoms with Crippen LogP contribution in [0.1, 0.15) is 17.3 Å². The molecule has 0 atom stereocenters. The number of benzene rings is 2. The summed E-state index contributed by atoms with van der Waals surface area (Å²) in [6, 6.07) is 14.0. The Hall–Kier alpha value is -3.19. The van der Waals surface area contributed by atoms with Crippen LogP contribution in [0.15, 0.2) is 48.5 Å². The van der Waals surface area contributed by atoms with E-state index in [-0.39, 0.29) is 17.8 Å². The zero-order chi connectivity index (χ0) is 18.3. The van der Waals surface area contributed by atoms with Gasteiger partial charge in [-0.15, -0.1) is 0 Å². The summed E-state index contributed by atoms with van der Waals surface area (Å²) in [5.41, 5.74) is 2.11. The maximum absolute atomic E-state index is 12.6. The van der Waals surface area contributed by atoms with Crippen molar-refractivity contribution in [1.29, 1.82) is 0 Å². The first-order valence-corrected chi connectivity index (χ1v) is 8.32. The average molecular weight is 369 g/mol. The fraction of sp³-hybridized carbons (Fsp3) is 0.111. The van der Waals surface area contributed by atoms with Gasteiger partial charge in [-0.3, -0.25) is 0 Å². The summed E-state index contributed by atoms with van der Waals surface area (Å²) in [7, 11) is 0. The van der Waals surface area contributed by atoms with Gasteiger partial charge in [-0.2, -0.15) is 5.10 Å². The van der Waals surface area contributed by atoms with Gasteiger partial charge in [-0.05, 0) is 23.9 Å². The molecule has 0 fully saturated rings. The Morgan fingerprint density at radius 1 is 1.27 bits per heavy atom. The number of ether oxygens (including phenoxy) is 1. The normalized spacial score (nSPS) is 11.2. The molecule has 26 heavy (non-hydrogen) atoms. The van der Waals surface area contributed by atoms with Gasteiger partial charge in [0.2, 0.25) is 5.65 Å². The van der Waals surface area contributed by atoms with Gasteiger partial charge in [0.25, 0.3) is 5.52 Å². The van der Waals surface area contributed by atoms with Crippen LogP contribution in [-0.4, -0.2) is 27.3 Å². The lowest BCUT2D eigenvalue weighted by molar-refractivity contribution is -0.640. The lowest BCUT2D eigenvalue weighted by Gasteiger charge is -2.03. The van der Waals surface area contributed by atoms with Gasteiger partial charge in [-0.1, -0.05) is 41.9 Å². The van der Waals surface area contributed by atoms with Gasteiger partial charge >= 0.3 is 5.97 Å². The molecule has 130 valence electrons. The second kappa shape index (κ2) is 6.27. The zero-order valence-corrected chi connectivity index (χ0v) is 14.5. The first kappa shape index (κ1) is 16.3. The van der Waals surface area contributed by atoms with E-state index in [4.69, 9.17) is 16.3 Å². The molecule has 0 saturated carbocycles. The van der Waals surface area contributed by atoms with Crippen LogP contribution in [-0.2, 0) is 4.74 Å². The standard InChI is InChI=1S/C18H13ClN4O3/c1-2-26-18(24)15-16(11-6-4-3-5-7-11)20-22-14-10-12(19)8-9-13(14)23(25)21-17(15)22/h3-10H,2H2,1H3. The molecule has 0 aliphatic heterocycles. The fourth-order valence-corrected chi connectivity index (χ4v) is 2.99. The van der Waals surface area contributed by atoms with E-state index >= 15 is 0 Å². The van der Waals surface area contributed by atoms with E-state index in [1.165, 1.54) is 4.52 Å². The Morgan fingerprint density at radius 3 is 2.77 bits per heavy atom. The maximum atomic E-state index is 12.6. The number of rotatable bonds is 3. The van der Waals surface area contributed by atoms with Crippen LogP contribution in [0.5, 0.6) is 0 Å². The zero-order valence-electron chi connectivity index (χ0n) is 13.7. The Labute approximate surface area is 153 Å². The van der Waals surface area contributed by atoms with Crippen molar-refractivity contribution in [1.82, 2.24) is 14.7 Å². The van der Waals surface area contributed by atoms with Gasteiger partial charge in [-0.25, -0.2) is 9.31 Å². The molecule has 0 radical (unpaired) electrons. The van der Waals surface area contributed by atoms with Crippen LogP contribution < -0.4 is 4.85 Å². The molecule has 0 aliphatic rings. The minimum atomic E-state index is -0.588. The van der Waals surface area contributed by atoms with Crippen LogP contribution >= 0.6 is 11.6 Å². The van der Waals surface area contributed by atoms with Crippen LogP contribution in [0.4, 0.5) is 0 Å². The number of esters is 1. The summed E-state index contributed by atoms with van der Waals surface area (Å²) in [5.74, 6) is -0.588. The molecule has 8 heteroatoms. The van der Waals surface area contributed by atoms with E-state index in [0.717, 1.165) is 0 Å². The minimum absolute atomic E-state index is 0.118. The fourth-order valence-electron chi connectivity index (χ4n) is 2.83. The first-order chi connectivity index (χ1) is 12.6. The van der Waals surface area contributed by atoms with Crippen molar-refractivity contribution in [2.75, 3.05) is 6.61 Å². The molecule has 2 aromatic heterocycles. The molecule has 0 aliphatic carbocycles. The van der Waals surface area contributed by atoms with E-state index in [1.54, 1.807) is 25.1 Å². The molecule has 0 amide bonds. The number of carbonyl (C=O) groups is 1. The SMILES string of the molecule is CCOC(=O)c1c(-c2ccccc2)nn2c1n[n+]([O-])c1ccc(Cl)cc12. The van der Waals surface area contributed by atoms with E-state index in [1.807, 2.05) is 30.3 Å². The van der Waals surface area contributed by atoms with Crippen molar-refractivity contribution in [2.24, 2.45) is 0 Å². The third kappa shape index (κ3) is 2.53. The van der Waals surface area contributed by atoms with E-state index < -0.39 is 5.97 Å². The molecule has 0 spiro atoms. The van der Waals surface area contributed by atoms with Gasteiger partial charge in [0.15, 0.2) is 0 Å². The number of hydrogen-bond donors (Lipinski definition) is 0. The topological polar surface area (TPSA) is 83.4 Å². The van der Waals surface area contributed by atoms with Crippen molar-refractivity contribution >= 4 is 34.3 Å². The molecule has 7 nitrogen and oxygen atoms in total. The Kier molecular flexibility index (Phi) is 3.93. The lowest BCUT2D eigenvalue weighted by atomic mass is 10.1. The second-order valence-corrected chi connectivity index (χ2v) is 5.99. The van der Waals surface area contributed by atoms with E-state index in [2.05, 4.69) is 10.2 Å². The first-order valence-electron chi connectivity index (χ1n) is 7.94. The number of aromatic nitrogens is 4.